The molecule has 0 aliphatic carbocycles. The molecule has 0 saturated carbocycles. The van der Waals surface area contributed by atoms with Crippen molar-refractivity contribution in [2.75, 3.05) is 11.9 Å². The lowest BCUT2D eigenvalue weighted by Crippen LogP contribution is -2.43. The van der Waals surface area contributed by atoms with E-state index >= 15 is 0 Å². The Hall–Kier alpha value is -3.16. The lowest BCUT2D eigenvalue weighted by atomic mass is 9.82. The average molecular weight is 343 g/mol. The molecule has 0 bridgehead atoms. The van der Waals surface area contributed by atoms with Gasteiger partial charge in [0.15, 0.2) is 0 Å². The molecule has 1 atom stereocenters. The molecule has 7 nitrogen and oxygen atoms in total. The first kappa shape index (κ1) is 15.4. The minimum atomic E-state index is -0.803. The number of esters is 1. The highest BCUT2D eigenvalue weighted by Crippen LogP contribution is 2.42. The largest absolute Gasteiger partial charge is 0.456 e. The van der Waals surface area contributed by atoms with Crippen molar-refractivity contribution in [3.8, 4) is 0 Å². The molecule has 2 aliphatic rings. The molecule has 128 valence electrons. The van der Waals surface area contributed by atoms with Gasteiger partial charge in [-0.1, -0.05) is 12.1 Å². The highest BCUT2D eigenvalue weighted by Gasteiger charge is 2.41. The van der Waals surface area contributed by atoms with E-state index in [0.717, 1.165) is 4.57 Å². The number of aromatic nitrogens is 2. The monoisotopic (exact) mass is 343 g/mol. The maximum absolute atomic E-state index is 13.8. The molecule has 1 aromatic carbocycles. The summed E-state index contributed by atoms with van der Waals surface area (Å²) in [6.45, 7) is 0.0167. The van der Waals surface area contributed by atoms with E-state index in [0.29, 0.717) is 17.1 Å². The zero-order valence-corrected chi connectivity index (χ0v) is 13.5. The Bertz CT molecular complexity index is 1080. The van der Waals surface area contributed by atoms with Gasteiger partial charge in [0, 0.05) is 14.1 Å². The number of carbonyl (C=O) groups excluding carboxylic acids is 1. The Morgan fingerprint density at radius 2 is 1.96 bits per heavy atom. The van der Waals surface area contributed by atoms with E-state index < -0.39 is 29.0 Å². The molecule has 1 unspecified atom stereocenters. The van der Waals surface area contributed by atoms with Gasteiger partial charge < -0.3 is 10.1 Å². The van der Waals surface area contributed by atoms with E-state index in [-0.39, 0.29) is 17.7 Å². The van der Waals surface area contributed by atoms with Crippen LogP contribution in [0.2, 0.25) is 0 Å². The standard InChI is InChI=1S/C17H14FN3O4/c1-20-14-13(15(22)21(2)17(20)24)11(8-4-3-5-9(18)6-8)12-10(19-14)7-25-16(12)23/h3-6,11,19H,7H2,1-2H3. The minimum absolute atomic E-state index is 0.0167. The molecule has 25 heavy (non-hydrogen) atoms. The second-order valence-corrected chi connectivity index (χ2v) is 6.05. The fourth-order valence-corrected chi connectivity index (χ4v) is 3.40. The predicted molar refractivity (Wildman–Crippen MR) is 86.8 cm³/mol. The van der Waals surface area contributed by atoms with Crippen LogP contribution >= 0.6 is 0 Å². The molecule has 1 N–H and O–H groups in total. The van der Waals surface area contributed by atoms with Crippen molar-refractivity contribution in [3.05, 3.63) is 73.3 Å². The number of hydrogen-bond donors (Lipinski definition) is 1. The van der Waals surface area contributed by atoms with Crippen LogP contribution in [-0.2, 0) is 23.6 Å². The Morgan fingerprint density at radius 1 is 1.20 bits per heavy atom. The SMILES string of the molecule is Cn1c2c(c(=O)n(C)c1=O)C(c1cccc(F)c1)C1=C(COC1=O)N2. The fraction of sp³-hybridized carbons (Fsp3) is 0.235. The Balaban J connectivity index is 2.10. The highest BCUT2D eigenvalue weighted by atomic mass is 19.1. The number of anilines is 1. The second-order valence-electron chi connectivity index (χ2n) is 6.05. The van der Waals surface area contributed by atoms with Crippen LogP contribution in [0.15, 0.2) is 45.1 Å². The van der Waals surface area contributed by atoms with E-state index in [9.17, 15) is 18.8 Å². The van der Waals surface area contributed by atoms with Gasteiger partial charge in [0.1, 0.15) is 18.2 Å². The van der Waals surface area contributed by atoms with Crippen molar-refractivity contribution >= 4 is 11.8 Å². The van der Waals surface area contributed by atoms with Gasteiger partial charge in [0.2, 0.25) is 0 Å². The van der Waals surface area contributed by atoms with Gasteiger partial charge in [-0.25, -0.2) is 14.0 Å². The number of rotatable bonds is 1. The molecule has 2 aromatic rings. The molecule has 8 heteroatoms. The summed E-state index contributed by atoms with van der Waals surface area (Å²) in [4.78, 5) is 37.3. The molecule has 0 fully saturated rings. The Kier molecular flexibility index (Phi) is 3.18. The maximum Gasteiger partial charge on any atom is 0.337 e. The minimum Gasteiger partial charge on any atom is -0.456 e. The van der Waals surface area contributed by atoms with Gasteiger partial charge in [-0.05, 0) is 17.7 Å². The zero-order valence-electron chi connectivity index (χ0n) is 13.5. The van der Waals surface area contributed by atoms with Crippen LogP contribution < -0.4 is 16.6 Å². The fourth-order valence-electron chi connectivity index (χ4n) is 3.40. The third kappa shape index (κ3) is 2.07. The van der Waals surface area contributed by atoms with E-state index in [1.807, 2.05) is 0 Å². The smallest absolute Gasteiger partial charge is 0.337 e. The van der Waals surface area contributed by atoms with Gasteiger partial charge in [0.05, 0.1) is 22.8 Å². The van der Waals surface area contributed by atoms with Crippen molar-refractivity contribution < 1.29 is 13.9 Å². The van der Waals surface area contributed by atoms with Crippen LogP contribution in [0, 0.1) is 5.82 Å². The van der Waals surface area contributed by atoms with Crippen molar-refractivity contribution in [3.63, 3.8) is 0 Å². The molecule has 1 aromatic heterocycles. The second kappa shape index (κ2) is 5.17. The number of fused-ring (bicyclic) bond motifs is 1. The number of cyclic esters (lactones) is 1. The third-order valence-electron chi connectivity index (χ3n) is 4.62. The summed E-state index contributed by atoms with van der Waals surface area (Å²) in [5.74, 6) is -1.55. The van der Waals surface area contributed by atoms with Crippen LogP contribution in [0.3, 0.4) is 0 Å². The summed E-state index contributed by atoms with van der Waals surface area (Å²) in [7, 11) is 2.89. The topological polar surface area (TPSA) is 82.3 Å². The van der Waals surface area contributed by atoms with Crippen LogP contribution in [-0.4, -0.2) is 21.7 Å². The molecule has 2 aliphatic heterocycles. The lowest BCUT2D eigenvalue weighted by Gasteiger charge is -2.28. The van der Waals surface area contributed by atoms with Crippen molar-refractivity contribution in [1.29, 1.82) is 0 Å². The summed E-state index contributed by atoms with van der Waals surface area (Å²) >= 11 is 0. The van der Waals surface area contributed by atoms with Crippen molar-refractivity contribution in [2.24, 2.45) is 14.1 Å². The maximum atomic E-state index is 13.8. The van der Waals surface area contributed by atoms with Crippen LogP contribution in [0.5, 0.6) is 0 Å². The third-order valence-corrected chi connectivity index (χ3v) is 4.62. The van der Waals surface area contributed by atoms with Crippen molar-refractivity contribution in [1.82, 2.24) is 9.13 Å². The van der Waals surface area contributed by atoms with Gasteiger partial charge in [-0.3, -0.25) is 13.9 Å². The first-order valence-electron chi connectivity index (χ1n) is 7.62. The summed E-state index contributed by atoms with van der Waals surface area (Å²) in [5.41, 5.74) is 0.385. The summed E-state index contributed by atoms with van der Waals surface area (Å²) in [5, 5.41) is 2.97. The van der Waals surface area contributed by atoms with E-state index in [2.05, 4.69) is 5.32 Å². The van der Waals surface area contributed by atoms with Gasteiger partial charge in [-0.15, -0.1) is 0 Å². The Morgan fingerprint density at radius 3 is 2.68 bits per heavy atom. The summed E-state index contributed by atoms with van der Waals surface area (Å²) in [6, 6.07) is 5.72. The van der Waals surface area contributed by atoms with E-state index in [1.165, 1.54) is 36.9 Å². The average Bonchev–Trinajstić information content (AvgIpc) is 2.97. The van der Waals surface area contributed by atoms with Gasteiger partial charge in [0.25, 0.3) is 5.56 Å². The zero-order chi connectivity index (χ0) is 17.9. The van der Waals surface area contributed by atoms with Gasteiger partial charge >= 0.3 is 11.7 Å². The number of halogens is 1. The Labute approximate surface area is 141 Å². The van der Waals surface area contributed by atoms with Crippen LogP contribution in [0.1, 0.15) is 17.0 Å². The highest BCUT2D eigenvalue weighted by molar-refractivity contribution is 5.96. The number of nitrogens with zero attached hydrogens (tertiary/aromatic N) is 2. The molecule has 0 spiro atoms. The molecule has 3 heterocycles. The van der Waals surface area contributed by atoms with Crippen LogP contribution in [0.4, 0.5) is 10.2 Å². The summed E-state index contributed by atoms with van der Waals surface area (Å²) in [6.07, 6.45) is 0. The van der Waals surface area contributed by atoms with Crippen molar-refractivity contribution in [2.45, 2.75) is 5.92 Å². The molecule has 0 saturated heterocycles. The van der Waals surface area contributed by atoms with Gasteiger partial charge in [-0.2, -0.15) is 0 Å². The molecule has 0 radical (unpaired) electrons. The number of ether oxygens (including phenoxy) is 1. The number of nitrogens with one attached hydrogen (secondary N) is 1. The molecular formula is C17H14FN3O4. The number of carbonyl (C=O) groups is 1. The molecule has 4 rings (SSSR count). The van der Waals surface area contributed by atoms with E-state index in [4.69, 9.17) is 4.74 Å². The first-order valence-corrected chi connectivity index (χ1v) is 7.62. The van der Waals surface area contributed by atoms with E-state index in [1.54, 1.807) is 6.07 Å². The normalized spacial score (nSPS) is 18.5. The predicted octanol–water partition coefficient (Wildman–Crippen LogP) is 0.591. The summed E-state index contributed by atoms with van der Waals surface area (Å²) < 4.78 is 21.1. The number of benzene rings is 1. The quantitative estimate of drug-likeness (QED) is 0.767. The molecular weight excluding hydrogens is 329 g/mol. The van der Waals surface area contributed by atoms with Crippen LogP contribution in [0.25, 0.3) is 0 Å². The first-order chi connectivity index (χ1) is 11.9. The molecule has 0 amide bonds. The lowest BCUT2D eigenvalue weighted by molar-refractivity contribution is -0.136. The number of hydrogen-bond acceptors (Lipinski definition) is 5.